The molecule has 0 aromatic heterocycles. The topological polar surface area (TPSA) is 61.4 Å². The SMILES string of the molecule is CC(=O)Nc1ccc2c(c1)C1C=CCC1C(c1ccc(O)cc1)N2. The molecular weight excluding hydrogens is 300 g/mol. The molecular formula is C20H20N2O2. The Kier molecular flexibility index (Phi) is 3.53. The van der Waals surface area contributed by atoms with E-state index in [1.54, 1.807) is 12.1 Å². The van der Waals surface area contributed by atoms with Crippen molar-refractivity contribution in [3.63, 3.8) is 0 Å². The summed E-state index contributed by atoms with van der Waals surface area (Å²) in [6.07, 6.45) is 5.53. The lowest BCUT2D eigenvalue weighted by Crippen LogP contribution is -2.29. The predicted octanol–water partition coefficient (Wildman–Crippen LogP) is 4.18. The molecule has 4 rings (SSSR count). The van der Waals surface area contributed by atoms with E-state index in [2.05, 4.69) is 28.9 Å². The van der Waals surface area contributed by atoms with Crippen LogP contribution < -0.4 is 10.6 Å². The van der Waals surface area contributed by atoms with Crippen molar-refractivity contribution in [2.45, 2.75) is 25.3 Å². The summed E-state index contributed by atoms with van der Waals surface area (Å²) in [6, 6.07) is 13.7. The molecule has 2 aromatic rings. The van der Waals surface area contributed by atoms with E-state index in [1.807, 2.05) is 24.3 Å². The number of carbonyl (C=O) groups is 1. The van der Waals surface area contributed by atoms with Crippen LogP contribution in [0.2, 0.25) is 0 Å². The van der Waals surface area contributed by atoms with Gasteiger partial charge in [0.2, 0.25) is 5.91 Å². The van der Waals surface area contributed by atoms with Crippen molar-refractivity contribution in [3.8, 4) is 5.75 Å². The number of phenolic OH excluding ortho intramolecular Hbond substituents is 1. The van der Waals surface area contributed by atoms with Gasteiger partial charge in [-0.25, -0.2) is 0 Å². The number of hydrogen-bond donors (Lipinski definition) is 3. The fourth-order valence-corrected chi connectivity index (χ4v) is 3.89. The summed E-state index contributed by atoms with van der Waals surface area (Å²) in [5.41, 5.74) is 4.36. The molecule has 0 bridgehead atoms. The molecule has 1 aliphatic heterocycles. The van der Waals surface area contributed by atoms with Crippen molar-refractivity contribution in [2.24, 2.45) is 5.92 Å². The van der Waals surface area contributed by atoms with E-state index in [-0.39, 0.29) is 17.7 Å². The molecule has 4 heteroatoms. The molecule has 0 fully saturated rings. The van der Waals surface area contributed by atoms with Crippen LogP contribution in [0.3, 0.4) is 0 Å². The lowest BCUT2D eigenvalue weighted by Gasteiger charge is -2.37. The van der Waals surface area contributed by atoms with E-state index in [9.17, 15) is 9.90 Å². The number of amides is 1. The fraction of sp³-hybridized carbons (Fsp3) is 0.250. The summed E-state index contributed by atoms with van der Waals surface area (Å²) >= 11 is 0. The van der Waals surface area contributed by atoms with Crippen molar-refractivity contribution in [1.29, 1.82) is 0 Å². The zero-order chi connectivity index (χ0) is 16.7. The lowest BCUT2D eigenvalue weighted by molar-refractivity contribution is -0.114. The van der Waals surface area contributed by atoms with Gasteiger partial charge in [-0.1, -0.05) is 24.3 Å². The van der Waals surface area contributed by atoms with E-state index in [0.717, 1.165) is 17.8 Å². The molecule has 1 heterocycles. The number of carbonyl (C=O) groups excluding carboxylic acids is 1. The number of aromatic hydroxyl groups is 1. The second kappa shape index (κ2) is 5.71. The molecule has 3 N–H and O–H groups in total. The highest BCUT2D eigenvalue weighted by Gasteiger charge is 2.37. The molecule has 24 heavy (non-hydrogen) atoms. The van der Waals surface area contributed by atoms with E-state index in [1.165, 1.54) is 18.1 Å². The molecule has 3 atom stereocenters. The van der Waals surface area contributed by atoms with Gasteiger partial charge in [0.25, 0.3) is 0 Å². The first kappa shape index (κ1) is 14.8. The van der Waals surface area contributed by atoms with Gasteiger partial charge in [0.1, 0.15) is 5.75 Å². The number of nitrogens with one attached hydrogen (secondary N) is 2. The molecule has 2 aromatic carbocycles. The Balaban J connectivity index is 1.72. The Bertz CT molecular complexity index is 811. The quantitative estimate of drug-likeness (QED) is 0.728. The van der Waals surface area contributed by atoms with Crippen LogP contribution in [0.1, 0.15) is 36.4 Å². The van der Waals surface area contributed by atoms with E-state index >= 15 is 0 Å². The standard InChI is InChI=1S/C20H20N2O2/c1-12(23)21-14-7-10-19-18(11-14)16-3-2-4-17(16)20(22-19)13-5-8-15(24)9-6-13/h2-3,5-11,16-17,20,22,24H,4H2,1H3,(H,21,23). The molecule has 1 amide bonds. The largest absolute Gasteiger partial charge is 0.508 e. The zero-order valence-corrected chi connectivity index (χ0v) is 13.5. The average molecular weight is 320 g/mol. The van der Waals surface area contributed by atoms with E-state index in [0.29, 0.717) is 11.8 Å². The van der Waals surface area contributed by atoms with Crippen molar-refractivity contribution in [2.75, 3.05) is 10.6 Å². The van der Waals surface area contributed by atoms with Gasteiger partial charge in [-0.2, -0.15) is 0 Å². The first-order chi connectivity index (χ1) is 11.6. The van der Waals surface area contributed by atoms with Gasteiger partial charge in [-0.3, -0.25) is 4.79 Å². The van der Waals surface area contributed by atoms with Crippen LogP contribution in [0.4, 0.5) is 11.4 Å². The molecule has 2 aliphatic rings. The normalized spacial score (nSPS) is 24.0. The summed E-state index contributed by atoms with van der Waals surface area (Å²) < 4.78 is 0. The van der Waals surface area contributed by atoms with Crippen LogP contribution in [0.5, 0.6) is 5.75 Å². The van der Waals surface area contributed by atoms with Crippen molar-refractivity contribution >= 4 is 17.3 Å². The summed E-state index contributed by atoms with van der Waals surface area (Å²) in [4.78, 5) is 11.3. The minimum atomic E-state index is -0.0563. The van der Waals surface area contributed by atoms with Gasteiger partial charge >= 0.3 is 0 Å². The maximum Gasteiger partial charge on any atom is 0.221 e. The molecule has 0 saturated carbocycles. The smallest absolute Gasteiger partial charge is 0.221 e. The van der Waals surface area contributed by atoms with E-state index < -0.39 is 0 Å². The van der Waals surface area contributed by atoms with Crippen molar-refractivity contribution in [1.82, 2.24) is 0 Å². The number of anilines is 2. The van der Waals surface area contributed by atoms with Crippen LogP contribution in [-0.2, 0) is 4.79 Å². The minimum absolute atomic E-state index is 0.0563. The molecule has 3 unspecified atom stereocenters. The van der Waals surface area contributed by atoms with E-state index in [4.69, 9.17) is 0 Å². The Morgan fingerprint density at radius 3 is 2.75 bits per heavy atom. The van der Waals surface area contributed by atoms with Gasteiger partial charge in [-0.15, -0.1) is 0 Å². The predicted molar refractivity (Wildman–Crippen MR) is 95.2 cm³/mol. The van der Waals surface area contributed by atoms with Gasteiger partial charge < -0.3 is 15.7 Å². The summed E-state index contributed by atoms with van der Waals surface area (Å²) in [5.74, 6) is 1.01. The third kappa shape index (κ3) is 2.54. The maximum atomic E-state index is 11.3. The number of allylic oxidation sites excluding steroid dienone is 2. The number of hydrogen-bond acceptors (Lipinski definition) is 3. The Morgan fingerprint density at radius 2 is 2.00 bits per heavy atom. The van der Waals surface area contributed by atoms with Crippen LogP contribution in [0.25, 0.3) is 0 Å². The Morgan fingerprint density at radius 1 is 1.21 bits per heavy atom. The van der Waals surface area contributed by atoms with Gasteiger partial charge in [0.15, 0.2) is 0 Å². The average Bonchev–Trinajstić information content (AvgIpc) is 3.04. The second-order valence-corrected chi connectivity index (χ2v) is 6.55. The van der Waals surface area contributed by atoms with Crippen LogP contribution in [0.15, 0.2) is 54.6 Å². The summed E-state index contributed by atoms with van der Waals surface area (Å²) in [6.45, 7) is 1.52. The molecule has 4 nitrogen and oxygen atoms in total. The Labute approximate surface area is 141 Å². The zero-order valence-electron chi connectivity index (χ0n) is 13.5. The van der Waals surface area contributed by atoms with Crippen molar-refractivity contribution in [3.05, 3.63) is 65.7 Å². The maximum absolute atomic E-state index is 11.3. The van der Waals surface area contributed by atoms with Gasteiger partial charge in [0.05, 0.1) is 6.04 Å². The van der Waals surface area contributed by atoms with Crippen molar-refractivity contribution < 1.29 is 9.90 Å². The lowest BCUT2D eigenvalue weighted by atomic mass is 9.77. The third-order valence-corrected chi connectivity index (χ3v) is 4.94. The molecule has 0 spiro atoms. The van der Waals surface area contributed by atoms with Crippen LogP contribution in [0, 0.1) is 5.92 Å². The molecule has 0 radical (unpaired) electrons. The number of phenols is 1. The van der Waals surface area contributed by atoms with Crippen LogP contribution >= 0.6 is 0 Å². The summed E-state index contributed by atoms with van der Waals surface area (Å²) in [5, 5.41) is 16.1. The molecule has 1 aliphatic carbocycles. The first-order valence-electron chi connectivity index (χ1n) is 8.25. The van der Waals surface area contributed by atoms with Crippen LogP contribution in [-0.4, -0.2) is 11.0 Å². The number of rotatable bonds is 2. The minimum Gasteiger partial charge on any atom is -0.508 e. The highest BCUT2D eigenvalue weighted by molar-refractivity contribution is 5.89. The molecule has 0 saturated heterocycles. The number of benzene rings is 2. The Hall–Kier alpha value is -2.75. The molecule has 122 valence electrons. The monoisotopic (exact) mass is 320 g/mol. The second-order valence-electron chi connectivity index (χ2n) is 6.55. The highest BCUT2D eigenvalue weighted by Crippen LogP contribution is 2.50. The third-order valence-electron chi connectivity index (χ3n) is 4.94. The highest BCUT2D eigenvalue weighted by atomic mass is 16.3. The van der Waals surface area contributed by atoms with Gasteiger partial charge in [0, 0.05) is 24.2 Å². The first-order valence-corrected chi connectivity index (χ1v) is 8.25. The fourth-order valence-electron chi connectivity index (χ4n) is 3.89. The summed E-state index contributed by atoms with van der Waals surface area (Å²) in [7, 11) is 0. The van der Waals surface area contributed by atoms with Gasteiger partial charge in [-0.05, 0) is 53.8 Å². The number of fused-ring (bicyclic) bond motifs is 3.